The molecule has 1 aliphatic heterocycles. The molecule has 1 fully saturated rings. The molecule has 0 amide bonds. The van der Waals surface area contributed by atoms with Crippen LogP contribution in [0.1, 0.15) is 6.92 Å². The first kappa shape index (κ1) is 10.3. The summed E-state index contributed by atoms with van der Waals surface area (Å²) in [5, 5.41) is 3.06. The van der Waals surface area contributed by atoms with Crippen LogP contribution in [-0.2, 0) is 14.1 Å². The van der Waals surface area contributed by atoms with Gasteiger partial charge < -0.3 is 9.26 Å². The predicted molar refractivity (Wildman–Crippen MR) is 49.9 cm³/mol. The standard InChI is InChI=1S/C6H12NO3PS/c1-5(6(8)9-2)7-11-10-3-4-12-11/h5,7H,3-4H2,1-2H3/t5-,11?/m0/s1. The second-order valence-corrected chi connectivity index (χ2v) is 5.76. The molecule has 0 aromatic rings. The molecule has 1 heterocycles. The van der Waals surface area contributed by atoms with Crippen LogP contribution in [0.2, 0.25) is 0 Å². The van der Waals surface area contributed by atoms with Gasteiger partial charge in [0.25, 0.3) is 0 Å². The molecule has 0 aromatic carbocycles. The molecule has 0 aliphatic carbocycles. The number of rotatable bonds is 3. The Morgan fingerprint density at radius 3 is 3.08 bits per heavy atom. The zero-order chi connectivity index (χ0) is 8.97. The van der Waals surface area contributed by atoms with E-state index in [1.807, 2.05) is 0 Å². The van der Waals surface area contributed by atoms with Crippen LogP contribution in [0, 0.1) is 0 Å². The molecule has 0 radical (unpaired) electrons. The number of hydrogen-bond acceptors (Lipinski definition) is 5. The molecule has 2 atom stereocenters. The van der Waals surface area contributed by atoms with Gasteiger partial charge in [-0.25, -0.2) is 0 Å². The van der Waals surface area contributed by atoms with Gasteiger partial charge in [0.2, 0.25) is 0 Å². The highest BCUT2D eigenvalue weighted by Crippen LogP contribution is 2.51. The highest BCUT2D eigenvalue weighted by atomic mass is 32.7. The van der Waals surface area contributed by atoms with Crippen molar-refractivity contribution in [1.29, 1.82) is 0 Å². The van der Waals surface area contributed by atoms with Crippen LogP contribution in [0.3, 0.4) is 0 Å². The highest BCUT2D eigenvalue weighted by Gasteiger charge is 2.22. The van der Waals surface area contributed by atoms with Crippen molar-refractivity contribution in [2.45, 2.75) is 13.0 Å². The third kappa shape index (κ3) is 2.90. The summed E-state index contributed by atoms with van der Waals surface area (Å²) in [6.45, 7) is 2.55. The van der Waals surface area contributed by atoms with E-state index in [4.69, 9.17) is 4.52 Å². The fourth-order valence-electron chi connectivity index (χ4n) is 0.740. The van der Waals surface area contributed by atoms with E-state index in [2.05, 4.69) is 9.82 Å². The summed E-state index contributed by atoms with van der Waals surface area (Å²) in [5.41, 5.74) is 0. The summed E-state index contributed by atoms with van der Waals surface area (Å²) >= 11 is 1.72. The smallest absolute Gasteiger partial charge is 0.322 e. The lowest BCUT2D eigenvalue weighted by Gasteiger charge is -2.14. The van der Waals surface area contributed by atoms with Crippen molar-refractivity contribution in [2.75, 3.05) is 19.5 Å². The molecule has 1 N–H and O–H groups in total. The Morgan fingerprint density at radius 1 is 1.83 bits per heavy atom. The van der Waals surface area contributed by atoms with Crippen molar-refractivity contribution in [1.82, 2.24) is 5.09 Å². The van der Waals surface area contributed by atoms with Gasteiger partial charge in [-0.05, 0) is 6.92 Å². The van der Waals surface area contributed by atoms with Gasteiger partial charge in [0.15, 0.2) is 7.50 Å². The van der Waals surface area contributed by atoms with E-state index in [0.29, 0.717) is 0 Å². The monoisotopic (exact) mass is 209 g/mol. The molecule has 1 rings (SSSR count). The highest BCUT2D eigenvalue weighted by molar-refractivity contribution is 8.54. The van der Waals surface area contributed by atoms with Crippen molar-refractivity contribution in [3.05, 3.63) is 0 Å². The van der Waals surface area contributed by atoms with Crippen molar-refractivity contribution in [3.63, 3.8) is 0 Å². The van der Waals surface area contributed by atoms with Crippen LogP contribution < -0.4 is 5.09 Å². The Morgan fingerprint density at radius 2 is 2.58 bits per heavy atom. The zero-order valence-corrected chi connectivity index (χ0v) is 8.78. The van der Waals surface area contributed by atoms with Crippen LogP contribution >= 0.6 is 18.9 Å². The van der Waals surface area contributed by atoms with Gasteiger partial charge in [-0.15, -0.1) is 0 Å². The maximum atomic E-state index is 11.0. The number of methoxy groups -OCH3 is 1. The normalized spacial score (nSPS) is 25.3. The van der Waals surface area contributed by atoms with Gasteiger partial charge in [0.05, 0.1) is 13.7 Å². The van der Waals surface area contributed by atoms with E-state index in [9.17, 15) is 4.79 Å². The Balaban J connectivity index is 2.24. The molecular weight excluding hydrogens is 197 g/mol. The minimum absolute atomic E-state index is 0.242. The average molecular weight is 209 g/mol. The van der Waals surface area contributed by atoms with Crippen LogP contribution in [0.4, 0.5) is 0 Å². The number of hydrogen-bond donors (Lipinski definition) is 1. The van der Waals surface area contributed by atoms with Gasteiger partial charge in [-0.1, -0.05) is 11.4 Å². The zero-order valence-electron chi connectivity index (χ0n) is 7.07. The van der Waals surface area contributed by atoms with E-state index >= 15 is 0 Å². The minimum Gasteiger partial charge on any atom is -0.468 e. The molecule has 12 heavy (non-hydrogen) atoms. The summed E-state index contributed by atoms with van der Waals surface area (Å²) in [6, 6.07) is -0.272. The fourth-order valence-corrected chi connectivity index (χ4v) is 3.96. The second-order valence-electron chi connectivity index (χ2n) is 2.30. The van der Waals surface area contributed by atoms with Gasteiger partial charge in [-0.3, -0.25) is 9.88 Å². The number of carbonyl (C=O) groups excluding carboxylic acids is 1. The van der Waals surface area contributed by atoms with Crippen LogP contribution in [-0.4, -0.2) is 31.5 Å². The number of esters is 1. The Kier molecular flexibility index (Phi) is 4.29. The minimum atomic E-state index is -0.657. The molecule has 70 valence electrons. The average Bonchev–Trinajstić information content (AvgIpc) is 2.55. The maximum Gasteiger partial charge on any atom is 0.322 e. The van der Waals surface area contributed by atoms with Crippen LogP contribution in [0.25, 0.3) is 0 Å². The summed E-state index contributed by atoms with van der Waals surface area (Å²) in [6.07, 6.45) is 0. The van der Waals surface area contributed by atoms with Gasteiger partial charge in [0, 0.05) is 5.75 Å². The molecule has 1 unspecified atom stereocenters. The molecule has 6 heteroatoms. The van der Waals surface area contributed by atoms with Crippen molar-refractivity contribution in [2.24, 2.45) is 0 Å². The Bertz CT molecular complexity index is 163. The van der Waals surface area contributed by atoms with Crippen LogP contribution in [0.15, 0.2) is 0 Å². The summed E-state index contributed by atoms with van der Waals surface area (Å²) in [5.74, 6) is 0.765. The molecule has 0 saturated carbocycles. The lowest BCUT2D eigenvalue weighted by atomic mass is 10.4. The molecule has 0 aromatic heterocycles. The van der Waals surface area contributed by atoms with Crippen molar-refractivity contribution < 1.29 is 14.1 Å². The number of nitrogens with one attached hydrogen (secondary N) is 1. The van der Waals surface area contributed by atoms with Gasteiger partial charge in [-0.2, -0.15) is 0 Å². The number of ether oxygens (including phenoxy) is 1. The van der Waals surface area contributed by atoms with Crippen molar-refractivity contribution in [3.8, 4) is 0 Å². The summed E-state index contributed by atoms with van der Waals surface area (Å²) in [7, 11) is 0.728. The quantitative estimate of drug-likeness (QED) is 0.557. The largest absolute Gasteiger partial charge is 0.468 e. The third-order valence-corrected chi connectivity index (χ3v) is 4.84. The fraction of sp³-hybridized carbons (Fsp3) is 0.833. The first-order chi connectivity index (χ1) is 5.74. The second kappa shape index (κ2) is 5.02. The molecule has 0 bridgehead atoms. The SMILES string of the molecule is COC(=O)[C@H](C)NP1OCCS1. The summed E-state index contributed by atoms with van der Waals surface area (Å²) < 4.78 is 9.89. The van der Waals surface area contributed by atoms with Gasteiger partial charge >= 0.3 is 5.97 Å². The Hall–Kier alpha value is 0.170. The first-order valence-electron chi connectivity index (χ1n) is 3.64. The van der Waals surface area contributed by atoms with Gasteiger partial charge in [0.1, 0.15) is 6.04 Å². The van der Waals surface area contributed by atoms with E-state index < -0.39 is 7.50 Å². The first-order valence-corrected chi connectivity index (χ1v) is 6.49. The van der Waals surface area contributed by atoms with E-state index in [1.165, 1.54) is 7.11 Å². The maximum absolute atomic E-state index is 11.0. The summed E-state index contributed by atoms with van der Waals surface area (Å²) in [4.78, 5) is 11.0. The van der Waals surface area contributed by atoms with Crippen molar-refractivity contribution >= 4 is 24.9 Å². The van der Waals surface area contributed by atoms with Crippen LogP contribution in [0.5, 0.6) is 0 Å². The number of carbonyl (C=O) groups is 1. The third-order valence-electron chi connectivity index (χ3n) is 1.35. The van der Waals surface area contributed by atoms with E-state index in [-0.39, 0.29) is 12.0 Å². The van der Waals surface area contributed by atoms with E-state index in [0.717, 1.165) is 12.4 Å². The molecule has 1 saturated heterocycles. The molecule has 4 nitrogen and oxygen atoms in total. The molecule has 1 aliphatic rings. The predicted octanol–water partition coefficient (Wildman–Crippen LogP) is 1.13. The molecular formula is C6H12NO3PS. The Labute approximate surface area is 77.0 Å². The molecule has 0 spiro atoms. The lowest BCUT2D eigenvalue weighted by Crippen LogP contribution is -2.30. The topological polar surface area (TPSA) is 47.6 Å². The van der Waals surface area contributed by atoms with E-state index in [1.54, 1.807) is 18.3 Å². The lowest BCUT2D eigenvalue weighted by molar-refractivity contribution is -0.142.